The van der Waals surface area contributed by atoms with Crippen LogP contribution in [0.5, 0.6) is 0 Å². The molecule has 2 N–H and O–H groups in total. The summed E-state index contributed by atoms with van der Waals surface area (Å²) < 4.78 is 26.7. The zero-order valence-corrected chi connectivity index (χ0v) is 14.9. The summed E-state index contributed by atoms with van der Waals surface area (Å²) >= 11 is 0. The summed E-state index contributed by atoms with van der Waals surface area (Å²) in [6, 6.07) is 12.2. The second-order valence-electron chi connectivity index (χ2n) is 5.81. The lowest BCUT2D eigenvalue weighted by molar-refractivity contribution is -0.116. The van der Waals surface area contributed by atoms with Crippen LogP contribution in [0.25, 0.3) is 0 Å². The van der Waals surface area contributed by atoms with Crippen LogP contribution in [0, 0.1) is 20.8 Å². The number of anilines is 1. The number of nitrogens with one attached hydrogen (secondary N) is 2. The summed E-state index contributed by atoms with van der Waals surface area (Å²) in [4.78, 5) is 12.1. The third-order valence-corrected chi connectivity index (χ3v) is 5.24. The van der Waals surface area contributed by atoms with Gasteiger partial charge in [0.2, 0.25) is 15.9 Å². The van der Waals surface area contributed by atoms with Gasteiger partial charge >= 0.3 is 0 Å². The first-order valence-corrected chi connectivity index (χ1v) is 9.20. The number of aryl methyl sites for hydroxylation is 3. The molecular weight excluding hydrogens is 324 g/mol. The molecule has 0 heterocycles. The average Bonchev–Trinajstić information content (AvgIpc) is 2.51. The third kappa shape index (κ3) is 4.91. The van der Waals surface area contributed by atoms with Crippen molar-refractivity contribution in [3.8, 4) is 0 Å². The fourth-order valence-corrected chi connectivity index (χ4v) is 3.17. The lowest BCUT2D eigenvalue weighted by Crippen LogP contribution is -2.27. The first-order valence-electron chi connectivity index (χ1n) is 7.71. The molecule has 0 aliphatic rings. The van der Waals surface area contributed by atoms with E-state index in [4.69, 9.17) is 0 Å². The quantitative estimate of drug-likeness (QED) is 0.844. The zero-order valence-electron chi connectivity index (χ0n) is 14.1. The molecule has 2 rings (SSSR count). The average molecular weight is 346 g/mol. The lowest BCUT2D eigenvalue weighted by Gasteiger charge is -2.09. The standard InChI is InChI=1S/C18H22N2O3S/c1-13-4-8-17(9-5-13)24(22,23)19-11-10-18(21)20-16-7-6-14(2)15(3)12-16/h4-9,12,19H,10-11H2,1-3H3,(H,20,21). The van der Waals surface area contributed by atoms with E-state index in [1.165, 1.54) is 0 Å². The molecule has 2 aromatic rings. The molecule has 24 heavy (non-hydrogen) atoms. The third-order valence-electron chi connectivity index (χ3n) is 3.77. The maximum Gasteiger partial charge on any atom is 0.240 e. The predicted molar refractivity (Wildman–Crippen MR) is 95.5 cm³/mol. The molecule has 0 fully saturated rings. The van der Waals surface area contributed by atoms with Gasteiger partial charge in [0.15, 0.2) is 0 Å². The lowest BCUT2D eigenvalue weighted by atomic mass is 10.1. The van der Waals surface area contributed by atoms with Crippen LogP contribution < -0.4 is 10.0 Å². The smallest absolute Gasteiger partial charge is 0.240 e. The summed E-state index contributed by atoms with van der Waals surface area (Å²) in [5, 5.41) is 2.77. The van der Waals surface area contributed by atoms with Gasteiger partial charge in [-0.1, -0.05) is 23.8 Å². The van der Waals surface area contributed by atoms with E-state index >= 15 is 0 Å². The highest BCUT2D eigenvalue weighted by Crippen LogP contribution is 2.14. The molecular formula is C18H22N2O3S. The number of carbonyl (C=O) groups excluding carboxylic acids is 1. The van der Waals surface area contributed by atoms with Crippen molar-refractivity contribution >= 4 is 21.6 Å². The van der Waals surface area contributed by atoms with Crippen LogP contribution in [0.15, 0.2) is 47.4 Å². The van der Waals surface area contributed by atoms with Crippen LogP contribution in [0.1, 0.15) is 23.1 Å². The van der Waals surface area contributed by atoms with Crippen molar-refractivity contribution in [2.75, 3.05) is 11.9 Å². The van der Waals surface area contributed by atoms with Gasteiger partial charge in [-0.15, -0.1) is 0 Å². The van der Waals surface area contributed by atoms with Crippen LogP contribution in [-0.2, 0) is 14.8 Å². The molecule has 0 aromatic heterocycles. The second-order valence-corrected chi connectivity index (χ2v) is 7.57. The maximum absolute atomic E-state index is 12.1. The Balaban J connectivity index is 1.87. The predicted octanol–water partition coefficient (Wildman–Crippen LogP) is 2.92. The van der Waals surface area contributed by atoms with Gasteiger partial charge in [0.05, 0.1) is 4.90 Å². The Hall–Kier alpha value is -2.18. The molecule has 0 radical (unpaired) electrons. The molecule has 0 unspecified atom stereocenters. The highest BCUT2D eigenvalue weighted by molar-refractivity contribution is 7.89. The van der Waals surface area contributed by atoms with E-state index in [0.29, 0.717) is 5.69 Å². The van der Waals surface area contributed by atoms with E-state index in [1.807, 2.05) is 39.0 Å². The number of hydrogen-bond donors (Lipinski definition) is 2. The normalized spacial score (nSPS) is 11.3. The number of hydrogen-bond acceptors (Lipinski definition) is 3. The van der Waals surface area contributed by atoms with Gasteiger partial charge in [-0.25, -0.2) is 13.1 Å². The van der Waals surface area contributed by atoms with Crippen LogP contribution in [0.2, 0.25) is 0 Å². The maximum atomic E-state index is 12.1. The first kappa shape index (κ1) is 18.2. The Labute approximate surface area is 143 Å². The van der Waals surface area contributed by atoms with E-state index in [2.05, 4.69) is 10.0 Å². The van der Waals surface area contributed by atoms with Gasteiger partial charge in [-0.05, 0) is 56.2 Å². The van der Waals surface area contributed by atoms with Crippen LogP contribution in [0.3, 0.4) is 0 Å². The Morgan fingerprint density at radius 2 is 1.62 bits per heavy atom. The van der Waals surface area contributed by atoms with Crippen LogP contribution in [0.4, 0.5) is 5.69 Å². The number of sulfonamides is 1. The van der Waals surface area contributed by atoms with Crippen molar-refractivity contribution in [1.29, 1.82) is 0 Å². The highest BCUT2D eigenvalue weighted by Gasteiger charge is 2.13. The van der Waals surface area contributed by atoms with E-state index in [0.717, 1.165) is 16.7 Å². The molecule has 128 valence electrons. The topological polar surface area (TPSA) is 75.3 Å². The van der Waals surface area contributed by atoms with E-state index < -0.39 is 10.0 Å². The number of rotatable bonds is 6. The summed E-state index contributed by atoms with van der Waals surface area (Å²) in [6.45, 7) is 5.91. The summed E-state index contributed by atoms with van der Waals surface area (Å²) in [5.74, 6) is -0.232. The van der Waals surface area contributed by atoms with E-state index in [9.17, 15) is 13.2 Å². The fourth-order valence-electron chi connectivity index (χ4n) is 2.14. The monoisotopic (exact) mass is 346 g/mol. The second kappa shape index (κ2) is 7.59. The van der Waals surface area contributed by atoms with Crippen molar-refractivity contribution in [1.82, 2.24) is 4.72 Å². The molecule has 0 spiro atoms. The number of carbonyl (C=O) groups is 1. The van der Waals surface area contributed by atoms with Gasteiger partial charge in [-0.3, -0.25) is 4.79 Å². The minimum absolute atomic E-state index is 0.0485. The highest BCUT2D eigenvalue weighted by atomic mass is 32.2. The fraction of sp³-hybridized carbons (Fsp3) is 0.278. The molecule has 0 atom stereocenters. The number of amides is 1. The van der Waals surface area contributed by atoms with Crippen molar-refractivity contribution in [3.05, 3.63) is 59.2 Å². The molecule has 1 amide bonds. The first-order chi connectivity index (χ1) is 11.3. The van der Waals surface area contributed by atoms with Crippen molar-refractivity contribution < 1.29 is 13.2 Å². The van der Waals surface area contributed by atoms with Crippen LogP contribution >= 0.6 is 0 Å². The molecule has 0 saturated carbocycles. The van der Waals surface area contributed by atoms with Gasteiger partial charge in [0.25, 0.3) is 0 Å². The Bertz CT molecular complexity index is 828. The molecule has 6 heteroatoms. The molecule has 5 nitrogen and oxygen atoms in total. The van der Waals surface area contributed by atoms with Crippen molar-refractivity contribution in [3.63, 3.8) is 0 Å². The summed E-state index contributed by atoms with van der Waals surface area (Å²) in [6.07, 6.45) is 0.0675. The van der Waals surface area contributed by atoms with Crippen molar-refractivity contribution in [2.24, 2.45) is 0 Å². The van der Waals surface area contributed by atoms with Gasteiger partial charge in [-0.2, -0.15) is 0 Å². The minimum Gasteiger partial charge on any atom is -0.326 e. The zero-order chi connectivity index (χ0) is 17.7. The largest absolute Gasteiger partial charge is 0.326 e. The molecule has 0 bridgehead atoms. The minimum atomic E-state index is -3.59. The summed E-state index contributed by atoms with van der Waals surface area (Å²) in [7, 11) is -3.59. The van der Waals surface area contributed by atoms with E-state index in [1.54, 1.807) is 24.3 Å². The molecule has 0 saturated heterocycles. The van der Waals surface area contributed by atoms with Gasteiger partial charge < -0.3 is 5.32 Å². The Kier molecular flexibility index (Phi) is 5.75. The molecule has 0 aliphatic heterocycles. The Morgan fingerprint density at radius 3 is 2.25 bits per heavy atom. The van der Waals surface area contributed by atoms with Gasteiger partial charge in [0.1, 0.15) is 0 Å². The molecule has 2 aromatic carbocycles. The number of benzene rings is 2. The SMILES string of the molecule is Cc1ccc(S(=O)(=O)NCCC(=O)Nc2ccc(C)c(C)c2)cc1. The van der Waals surface area contributed by atoms with Crippen LogP contribution in [-0.4, -0.2) is 20.9 Å². The molecule has 0 aliphatic carbocycles. The van der Waals surface area contributed by atoms with Gasteiger partial charge in [0, 0.05) is 18.7 Å². The summed E-state index contributed by atoms with van der Waals surface area (Å²) in [5.41, 5.74) is 3.94. The Morgan fingerprint density at radius 1 is 0.958 bits per heavy atom. The van der Waals surface area contributed by atoms with Crippen molar-refractivity contribution in [2.45, 2.75) is 32.1 Å². The van der Waals surface area contributed by atoms with E-state index in [-0.39, 0.29) is 23.8 Å².